The SMILES string of the molecule is O=C(N1CC(Oc2ccc(Cl)cn2)C1)C1(c2ccc(Cl)cc2)CCCC1. The molecule has 4 nitrogen and oxygen atoms in total. The number of carbonyl (C=O) groups excluding carboxylic acids is 1. The van der Waals surface area contributed by atoms with Crippen LogP contribution in [-0.4, -0.2) is 35.0 Å². The normalized spacial score (nSPS) is 19.2. The first-order valence-electron chi connectivity index (χ1n) is 8.90. The molecule has 26 heavy (non-hydrogen) atoms. The van der Waals surface area contributed by atoms with Crippen molar-refractivity contribution in [2.45, 2.75) is 37.2 Å². The molecule has 6 heteroatoms. The van der Waals surface area contributed by atoms with Crippen molar-refractivity contribution >= 4 is 29.1 Å². The second-order valence-corrected chi connectivity index (χ2v) is 7.93. The monoisotopic (exact) mass is 390 g/mol. The van der Waals surface area contributed by atoms with Crippen LogP contribution >= 0.6 is 23.2 Å². The number of nitrogens with zero attached hydrogens (tertiary/aromatic N) is 2. The first kappa shape index (κ1) is 17.6. The summed E-state index contributed by atoms with van der Waals surface area (Å²) in [6.45, 7) is 1.19. The molecule has 0 spiro atoms. The van der Waals surface area contributed by atoms with E-state index in [-0.39, 0.29) is 12.0 Å². The van der Waals surface area contributed by atoms with Gasteiger partial charge in [0.25, 0.3) is 0 Å². The van der Waals surface area contributed by atoms with Gasteiger partial charge in [0.2, 0.25) is 11.8 Å². The van der Waals surface area contributed by atoms with Gasteiger partial charge in [-0.15, -0.1) is 0 Å². The lowest BCUT2D eigenvalue weighted by atomic mass is 9.77. The van der Waals surface area contributed by atoms with Crippen LogP contribution in [0, 0.1) is 0 Å². The molecule has 0 unspecified atom stereocenters. The van der Waals surface area contributed by atoms with Gasteiger partial charge in [0.1, 0.15) is 6.10 Å². The summed E-state index contributed by atoms with van der Waals surface area (Å²) in [5.74, 6) is 0.751. The predicted octanol–water partition coefficient (Wildman–Crippen LogP) is 4.49. The van der Waals surface area contributed by atoms with E-state index in [1.165, 1.54) is 0 Å². The van der Waals surface area contributed by atoms with E-state index in [0.717, 1.165) is 31.2 Å². The highest BCUT2D eigenvalue weighted by Gasteiger charge is 2.48. The minimum atomic E-state index is -0.409. The van der Waals surface area contributed by atoms with Crippen molar-refractivity contribution in [2.24, 2.45) is 0 Å². The van der Waals surface area contributed by atoms with E-state index in [2.05, 4.69) is 4.98 Å². The number of hydrogen-bond acceptors (Lipinski definition) is 3. The summed E-state index contributed by atoms with van der Waals surface area (Å²) in [4.78, 5) is 19.3. The van der Waals surface area contributed by atoms with Crippen molar-refractivity contribution in [1.29, 1.82) is 0 Å². The van der Waals surface area contributed by atoms with Crippen molar-refractivity contribution in [1.82, 2.24) is 9.88 Å². The highest BCUT2D eigenvalue weighted by atomic mass is 35.5. The van der Waals surface area contributed by atoms with Crippen LogP contribution < -0.4 is 4.74 Å². The number of amides is 1. The van der Waals surface area contributed by atoms with Gasteiger partial charge in [0.05, 0.1) is 23.5 Å². The number of benzene rings is 1. The van der Waals surface area contributed by atoms with E-state index in [0.29, 0.717) is 29.0 Å². The molecule has 1 aromatic heterocycles. The van der Waals surface area contributed by atoms with E-state index in [4.69, 9.17) is 27.9 Å². The van der Waals surface area contributed by atoms with Gasteiger partial charge in [-0.25, -0.2) is 4.98 Å². The topological polar surface area (TPSA) is 42.4 Å². The van der Waals surface area contributed by atoms with Crippen molar-refractivity contribution < 1.29 is 9.53 Å². The molecule has 2 aliphatic rings. The van der Waals surface area contributed by atoms with Crippen LogP contribution in [0.3, 0.4) is 0 Å². The lowest BCUT2D eigenvalue weighted by molar-refractivity contribution is -0.146. The number of hydrogen-bond donors (Lipinski definition) is 0. The molecule has 4 rings (SSSR count). The number of likely N-dealkylation sites (tertiary alicyclic amines) is 1. The molecule has 2 heterocycles. The van der Waals surface area contributed by atoms with Crippen molar-refractivity contribution in [2.75, 3.05) is 13.1 Å². The maximum atomic E-state index is 13.3. The first-order valence-corrected chi connectivity index (χ1v) is 9.66. The smallest absolute Gasteiger partial charge is 0.233 e. The highest BCUT2D eigenvalue weighted by molar-refractivity contribution is 6.30. The summed E-state index contributed by atoms with van der Waals surface area (Å²) in [5, 5.41) is 1.27. The molecule has 1 amide bonds. The number of aromatic nitrogens is 1. The second-order valence-electron chi connectivity index (χ2n) is 7.06. The van der Waals surface area contributed by atoms with Crippen molar-refractivity contribution in [3.63, 3.8) is 0 Å². The number of ether oxygens (including phenoxy) is 1. The lowest BCUT2D eigenvalue weighted by Crippen LogP contribution is -2.60. The Morgan fingerprint density at radius 2 is 1.69 bits per heavy atom. The Bertz CT molecular complexity index is 780. The van der Waals surface area contributed by atoms with Crippen LogP contribution in [0.5, 0.6) is 5.88 Å². The minimum Gasteiger partial charge on any atom is -0.471 e. The first-order chi connectivity index (χ1) is 12.6. The van der Waals surface area contributed by atoms with Gasteiger partial charge in [0, 0.05) is 17.3 Å². The molecule has 2 fully saturated rings. The lowest BCUT2D eigenvalue weighted by Gasteiger charge is -2.43. The van der Waals surface area contributed by atoms with Gasteiger partial charge in [-0.05, 0) is 36.6 Å². The Labute approximate surface area is 163 Å². The van der Waals surface area contributed by atoms with Crippen LogP contribution in [0.1, 0.15) is 31.2 Å². The quantitative estimate of drug-likeness (QED) is 0.771. The van der Waals surface area contributed by atoms with Crippen LogP contribution in [0.15, 0.2) is 42.6 Å². The zero-order valence-electron chi connectivity index (χ0n) is 14.3. The summed E-state index contributed by atoms with van der Waals surface area (Å²) in [6, 6.07) is 11.2. The third-order valence-electron chi connectivity index (χ3n) is 5.39. The average molecular weight is 391 g/mol. The third kappa shape index (κ3) is 3.28. The van der Waals surface area contributed by atoms with Gasteiger partial charge < -0.3 is 9.64 Å². The summed E-state index contributed by atoms with van der Waals surface area (Å²) in [7, 11) is 0. The standard InChI is InChI=1S/C20H20Cl2N2O2/c21-15-5-3-14(4-6-15)20(9-1-2-10-20)19(25)24-12-17(13-24)26-18-8-7-16(22)11-23-18/h3-8,11,17H,1-2,9-10,12-13H2. The fourth-order valence-electron chi connectivity index (χ4n) is 3.96. The Morgan fingerprint density at radius 1 is 1.04 bits per heavy atom. The van der Waals surface area contributed by atoms with Crippen LogP contribution in [0.2, 0.25) is 10.0 Å². The third-order valence-corrected chi connectivity index (χ3v) is 5.86. The molecule has 0 bridgehead atoms. The van der Waals surface area contributed by atoms with E-state index in [9.17, 15) is 4.79 Å². The molecule has 1 saturated heterocycles. The number of pyridine rings is 1. The molecular weight excluding hydrogens is 371 g/mol. The van der Waals surface area contributed by atoms with Crippen LogP contribution in [-0.2, 0) is 10.2 Å². The maximum Gasteiger partial charge on any atom is 0.233 e. The van der Waals surface area contributed by atoms with Gasteiger partial charge in [-0.3, -0.25) is 4.79 Å². The molecule has 1 aromatic carbocycles. The molecule has 1 saturated carbocycles. The molecule has 2 aromatic rings. The Morgan fingerprint density at radius 3 is 2.31 bits per heavy atom. The highest BCUT2D eigenvalue weighted by Crippen LogP contribution is 2.43. The Kier molecular flexibility index (Phi) is 4.80. The molecule has 0 radical (unpaired) electrons. The Balaban J connectivity index is 1.43. The summed E-state index contributed by atoms with van der Waals surface area (Å²) in [6.07, 6.45) is 5.50. The van der Waals surface area contributed by atoms with Crippen LogP contribution in [0.25, 0.3) is 0 Å². The van der Waals surface area contributed by atoms with Crippen molar-refractivity contribution in [3.8, 4) is 5.88 Å². The number of halogens is 2. The largest absolute Gasteiger partial charge is 0.471 e. The van der Waals surface area contributed by atoms with Gasteiger partial charge >= 0.3 is 0 Å². The van der Waals surface area contributed by atoms with Gasteiger partial charge in [-0.2, -0.15) is 0 Å². The van der Waals surface area contributed by atoms with Gasteiger partial charge in [0.15, 0.2) is 0 Å². The minimum absolute atomic E-state index is 0.0173. The molecule has 1 aliphatic carbocycles. The summed E-state index contributed by atoms with van der Waals surface area (Å²) >= 11 is 11.9. The second kappa shape index (κ2) is 7.09. The van der Waals surface area contributed by atoms with E-state index >= 15 is 0 Å². The zero-order chi connectivity index (χ0) is 18.1. The summed E-state index contributed by atoms with van der Waals surface area (Å²) < 4.78 is 5.82. The fraction of sp³-hybridized carbons (Fsp3) is 0.400. The van der Waals surface area contributed by atoms with Crippen LogP contribution in [0.4, 0.5) is 0 Å². The van der Waals surface area contributed by atoms with E-state index < -0.39 is 5.41 Å². The molecule has 0 atom stereocenters. The molecule has 1 aliphatic heterocycles. The molecule has 0 N–H and O–H groups in total. The zero-order valence-corrected chi connectivity index (χ0v) is 15.8. The fourth-order valence-corrected chi connectivity index (χ4v) is 4.20. The summed E-state index contributed by atoms with van der Waals surface area (Å²) in [5.41, 5.74) is 0.668. The van der Waals surface area contributed by atoms with E-state index in [1.807, 2.05) is 29.2 Å². The van der Waals surface area contributed by atoms with Crippen molar-refractivity contribution in [3.05, 3.63) is 58.2 Å². The number of rotatable bonds is 4. The number of carbonyl (C=O) groups is 1. The molecule has 136 valence electrons. The predicted molar refractivity (Wildman–Crippen MR) is 102 cm³/mol. The van der Waals surface area contributed by atoms with E-state index in [1.54, 1.807) is 18.3 Å². The van der Waals surface area contributed by atoms with Gasteiger partial charge in [-0.1, -0.05) is 48.2 Å². The maximum absolute atomic E-state index is 13.3. The molecular formula is C20H20Cl2N2O2. The Hall–Kier alpha value is -1.78. The average Bonchev–Trinajstić information content (AvgIpc) is 3.10.